The van der Waals surface area contributed by atoms with E-state index in [4.69, 9.17) is 10.2 Å². The molecule has 0 aliphatic rings. The van der Waals surface area contributed by atoms with Crippen LogP contribution < -0.4 is 10.0 Å². The first-order valence-electron chi connectivity index (χ1n) is 10.3. The van der Waals surface area contributed by atoms with Crippen LogP contribution in [0.4, 0.5) is 14.9 Å². The Hall–Kier alpha value is -3.77. The van der Waals surface area contributed by atoms with E-state index in [2.05, 4.69) is 9.72 Å². The monoisotopic (exact) mass is 517 g/mol. The Kier molecular flexibility index (Phi) is 6.59. The molecule has 0 atom stereocenters. The molecule has 0 saturated heterocycles. The number of aromatic nitrogens is 1. The van der Waals surface area contributed by atoms with Crippen molar-refractivity contribution >= 4 is 50.1 Å². The van der Waals surface area contributed by atoms with Gasteiger partial charge in [-0.15, -0.1) is 11.3 Å². The van der Waals surface area contributed by atoms with Gasteiger partial charge in [-0.25, -0.2) is 27.4 Å². The maximum Gasteiger partial charge on any atom is 0.412 e. The first kappa shape index (κ1) is 24.4. The molecule has 2 aromatic carbocycles. The summed E-state index contributed by atoms with van der Waals surface area (Å²) < 4.78 is 50.7. The minimum absolute atomic E-state index is 0.00292. The van der Waals surface area contributed by atoms with Crippen LogP contribution >= 0.6 is 11.3 Å². The fraction of sp³-hybridized carbons (Fsp3) is 0.174. The number of hydrogen-bond acceptors (Lipinski definition) is 8. The molecule has 1 amide bonds. The second-order valence-corrected chi connectivity index (χ2v) is 10.2. The molecule has 0 aliphatic heterocycles. The summed E-state index contributed by atoms with van der Waals surface area (Å²) in [6, 6.07) is 8.30. The van der Waals surface area contributed by atoms with Crippen molar-refractivity contribution in [2.45, 2.75) is 19.9 Å². The quantitative estimate of drug-likeness (QED) is 0.283. The van der Waals surface area contributed by atoms with Crippen LogP contribution in [0.1, 0.15) is 28.5 Å². The van der Waals surface area contributed by atoms with Gasteiger partial charge >= 0.3 is 12.1 Å². The average molecular weight is 518 g/mol. The molecule has 2 N–H and O–H groups in total. The first-order chi connectivity index (χ1) is 16.6. The molecule has 4 aromatic rings. The van der Waals surface area contributed by atoms with Crippen LogP contribution in [0.3, 0.4) is 0 Å². The van der Waals surface area contributed by atoms with Crippen molar-refractivity contribution in [1.29, 1.82) is 0 Å². The zero-order valence-corrected chi connectivity index (χ0v) is 20.3. The smallest absolute Gasteiger partial charge is 0.412 e. The number of fused-ring (bicyclic) bond motifs is 1. The third-order valence-corrected chi connectivity index (χ3v) is 6.99. The van der Waals surface area contributed by atoms with E-state index in [1.807, 2.05) is 6.92 Å². The maximum absolute atomic E-state index is 13.5. The molecule has 0 bridgehead atoms. The highest BCUT2D eigenvalue weighted by atomic mass is 32.2. The molecule has 2 aromatic heterocycles. The Balaban J connectivity index is 1.96. The summed E-state index contributed by atoms with van der Waals surface area (Å²) in [6.45, 7) is 1.83. The number of rotatable bonds is 7. The number of nitrogens with zero attached hydrogens (tertiary/aromatic N) is 2. The van der Waals surface area contributed by atoms with Gasteiger partial charge in [-0.1, -0.05) is 6.92 Å². The zero-order valence-electron chi connectivity index (χ0n) is 18.6. The number of aryl methyl sites for hydroxylation is 1. The number of furan rings is 1. The van der Waals surface area contributed by atoms with E-state index in [9.17, 15) is 22.4 Å². The highest BCUT2D eigenvalue weighted by Crippen LogP contribution is 2.39. The Morgan fingerprint density at radius 3 is 2.51 bits per heavy atom. The number of esters is 1. The van der Waals surface area contributed by atoms with Crippen molar-refractivity contribution < 1.29 is 31.6 Å². The maximum atomic E-state index is 13.5. The Morgan fingerprint density at radius 2 is 1.94 bits per heavy atom. The van der Waals surface area contributed by atoms with E-state index < -0.39 is 27.9 Å². The van der Waals surface area contributed by atoms with Gasteiger partial charge in [0.2, 0.25) is 10.0 Å². The third-order valence-electron chi connectivity index (χ3n) is 5.23. The topological polar surface area (TPSA) is 133 Å². The summed E-state index contributed by atoms with van der Waals surface area (Å²) in [5.41, 5.74) is 8.60. The molecule has 2 heterocycles. The van der Waals surface area contributed by atoms with Gasteiger partial charge in [0.15, 0.2) is 0 Å². The number of nitrogens with two attached hydrogens (primary N) is 1. The molecule has 9 nitrogen and oxygen atoms in total. The summed E-state index contributed by atoms with van der Waals surface area (Å²) in [7, 11) is -3.73. The van der Waals surface area contributed by atoms with Crippen LogP contribution in [0.2, 0.25) is 0 Å². The molecule has 182 valence electrons. The lowest BCUT2D eigenvalue weighted by Gasteiger charge is -2.24. The minimum Gasteiger partial charge on any atom is -0.455 e. The van der Waals surface area contributed by atoms with Gasteiger partial charge < -0.3 is 14.9 Å². The second kappa shape index (κ2) is 9.47. The standard InChI is InChI=1S/C23H20FN3O6S2/c1-3-13-8-17-19(9-18(13)27(35(2,30)31)10-16-11-34-12-26-16)32-21(14-4-6-15(24)7-5-14)20(17)22(28)33-23(25)29/h4-9,11-12H,3,10H2,1-2H3,(H2,25,29). The van der Waals surface area contributed by atoms with Crippen molar-refractivity contribution in [3.05, 3.63) is 69.9 Å². The van der Waals surface area contributed by atoms with Crippen molar-refractivity contribution in [3.63, 3.8) is 0 Å². The number of ether oxygens (including phenoxy) is 1. The minimum atomic E-state index is -3.73. The van der Waals surface area contributed by atoms with Crippen LogP contribution in [0.25, 0.3) is 22.3 Å². The fourth-order valence-corrected chi connectivity index (χ4v) is 5.13. The second-order valence-electron chi connectivity index (χ2n) is 7.60. The number of carbonyl (C=O) groups excluding carboxylic acids is 2. The van der Waals surface area contributed by atoms with Crippen molar-refractivity contribution in [3.8, 4) is 11.3 Å². The van der Waals surface area contributed by atoms with Gasteiger partial charge in [-0.05, 0) is 42.3 Å². The molecular weight excluding hydrogens is 497 g/mol. The van der Waals surface area contributed by atoms with Crippen LogP contribution in [0.15, 0.2) is 51.7 Å². The highest BCUT2D eigenvalue weighted by molar-refractivity contribution is 7.92. The molecule has 0 radical (unpaired) electrons. The third kappa shape index (κ3) is 5.03. The van der Waals surface area contributed by atoms with E-state index >= 15 is 0 Å². The predicted octanol–water partition coefficient (Wildman–Crippen LogP) is 4.46. The molecule has 0 saturated carbocycles. The number of anilines is 1. The van der Waals surface area contributed by atoms with Gasteiger partial charge in [0.25, 0.3) is 0 Å². The number of carbonyl (C=O) groups is 2. The first-order valence-corrected chi connectivity index (χ1v) is 13.1. The summed E-state index contributed by atoms with van der Waals surface area (Å²) in [5, 5.41) is 2.04. The van der Waals surface area contributed by atoms with E-state index in [0.29, 0.717) is 34.3 Å². The Labute approximate surface area is 204 Å². The summed E-state index contributed by atoms with van der Waals surface area (Å²) in [6.07, 6.45) is 0.203. The highest BCUT2D eigenvalue weighted by Gasteiger charge is 2.28. The molecule has 0 unspecified atom stereocenters. The van der Waals surface area contributed by atoms with Gasteiger partial charge in [0.05, 0.1) is 29.7 Å². The number of thiazole rings is 1. The summed E-state index contributed by atoms with van der Waals surface area (Å²) in [4.78, 5) is 28.3. The van der Waals surface area contributed by atoms with Gasteiger partial charge in [-0.3, -0.25) is 4.31 Å². The number of primary amides is 1. The number of benzene rings is 2. The lowest BCUT2D eigenvalue weighted by molar-refractivity contribution is 0.0640. The van der Waals surface area contributed by atoms with E-state index in [-0.39, 0.29) is 23.5 Å². The van der Waals surface area contributed by atoms with Crippen molar-refractivity contribution in [2.75, 3.05) is 10.6 Å². The number of amides is 1. The van der Waals surface area contributed by atoms with Crippen LogP contribution in [-0.4, -0.2) is 31.7 Å². The number of sulfonamides is 1. The van der Waals surface area contributed by atoms with E-state index in [1.165, 1.54) is 46.0 Å². The average Bonchev–Trinajstić information content (AvgIpc) is 3.43. The lowest BCUT2D eigenvalue weighted by Crippen LogP contribution is -2.30. The predicted molar refractivity (Wildman–Crippen MR) is 129 cm³/mol. The van der Waals surface area contributed by atoms with Gasteiger partial charge in [0.1, 0.15) is 22.7 Å². The molecule has 35 heavy (non-hydrogen) atoms. The number of halogens is 1. The zero-order chi connectivity index (χ0) is 25.3. The molecular formula is C23H20FN3O6S2. The molecule has 0 spiro atoms. The molecule has 0 fully saturated rings. The molecule has 0 aliphatic carbocycles. The Morgan fingerprint density at radius 1 is 1.23 bits per heavy atom. The van der Waals surface area contributed by atoms with Crippen molar-refractivity contribution in [1.82, 2.24) is 4.98 Å². The SMILES string of the molecule is CCc1cc2c(C(=O)OC(N)=O)c(-c3ccc(F)cc3)oc2cc1N(Cc1cscn1)S(C)(=O)=O. The van der Waals surface area contributed by atoms with Crippen LogP contribution in [0.5, 0.6) is 0 Å². The van der Waals surface area contributed by atoms with Crippen molar-refractivity contribution in [2.24, 2.45) is 5.73 Å². The fourth-order valence-electron chi connectivity index (χ4n) is 3.69. The van der Waals surface area contributed by atoms with Crippen LogP contribution in [-0.2, 0) is 27.7 Å². The molecule has 4 rings (SSSR count). The van der Waals surface area contributed by atoms with Gasteiger partial charge in [0, 0.05) is 22.4 Å². The van der Waals surface area contributed by atoms with E-state index in [1.54, 1.807) is 17.0 Å². The number of hydrogen-bond donors (Lipinski definition) is 1. The Bertz CT molecular complexity index is 1510. The lowest BCUT2D eigenvalue weighted by atomic mass is 10.0. The largest absolute Gasteiger partial charge is 0.455 e. The summed E-state index contributed by atoms with van der Waals surface area (Å²) in [5.74, 6) is -1.52. The van der Waals surface area contributed by atoms with Crippen LogP contribution in [0, 0.1) is 5.82 Å². The van der Waals surface area contributed by atoms with E-state index in [0.717, 1.165) is 6.26 Å². The summed E-state index contributed by atoms with van der Waals surface area (Å²) >= 11 is 1.34. The van der Waals surface area contributed by atoms with Gasteiger partial charge in [-0.2, -0.15) is 0 Å². The normalized spacial score (nSPS) is 11.5. The molecule has 12 heteroatoms.